The summed E-state index contributed by atoms with van der Waals surface area (Å²) in [6.07, 6.45) is 3.87. The summed E-state index contributed by atoms with van der Waals surface area (Å²) in [6, 6.07) is 3.86. The Hall–Kier alpha value is -1.83. The number of carboxylic acids is 1. The summed E-state index contributed by atoms with van der Waals surface area (Å²) >= 11 is 12.7. The highest BCUT2D eigenvalue weighted by molar-refractivity contribution is 8.26. The van der Waals surface area contributed by atoms with Crippen LogP contribution in [-0.2, 0) is 9.59 Å². The van der Waals surface area contributed by atoms with E-state index in [1.807, 2.05) is 19.2 Å². The minimum atomic E-state index is -1.11. The number of carbonyl (C=O) groups excluding carboxylic acids is 1. The monoisotopic (exact) mass is 422 g/mol. The number of rotatable bonds is 3. The van der Waals surface area contributed by atoms with E-state index in [4.69, 9.17) is 28.9 Å². The van der Waals surface area contributed by atoms with Gasteiger partial charge in [-0.1, -0.05) is 41.7 Å². The number of hydrogen-bond donors (Lipinski definition) is 1. The predicted octanol–water partition coefficient (Wildman–Crippen LogP) is 4.26. The number of amides is 1. The van der Waals surface area contributed by atoms with Crippen LogP contribution in [0.3, 0.4) is 0 Å². The maximum absolute atomic E-state index is 12.5. The second-order valence-corrected chi connectivity index (χ2v) is 9.18. The summed E-state index contributed by atoms with van der Waals surface area (Å²) in [5.41, 5.74) is 3.79. The molecule has 1 fully saturated rings. The standard InChI is InChI=1S/C19H19ClN2O3S2/c1-10-8-19(2,3)21(4)14-7-13(20)11(5-12(10)14)6-15-17(25)22(9-16(23)24)18(26)27-15/h5-8H,9H2,1-4H3,(H,23,24)/b15-6-. The lowest BCUT2D eigenvalue weighted by Crippen LogP contribution is -2.42. The Labute approximate surface area is 172 Å². The van der Waals surface area contributed by atoms with Crippen molar-refractivity contribution in [3.63, 3.8) is 0 Å². The number of thioether (sulfide) groups is 1. The van der Waals surface area contributed by atoms with Gasteiger partial charge in [0.15, 0.2) is 0 Å². The number of carboxylic acid groups (broad SMARTS) is 1. The highest BCUT2D eigenvalue weighted by atomic mass is 35.5. The fourth-order valence-corrected chi connectivity index (χ4v) is 4.67. The lowest BCUT2D eigenvalue weighted by atomic mass is 9.88. The lowest BCUT2D eigenvalue weighted by molar-refractivity contribution is -0.140. The molecule has 5 nitrogen and oxygen atoms in total. The average molecular weight is 423 g/mol. The number of aliphatic carboxylic acids is 1. The van der Waals surface area contributed by atoms with Crippen LogP contribution in [-0.4, -0.2) is 45.3 Å². The predicted molar refractivity (Wildman–Crippen MR) is 115 cm³/mol. The van der Waals surface area contributed by atoms with E-state index in [0.717, 1.165) is 33.5 Å². The van der Waals surface area contributed by atoms with Crippen molar-refractivity contribution >= 4 is 69.1 Å². The minimum Gasteiger partial charge on any atom is -0.480 e. The van der Waals surface area contributed by atoms with Crippen LogP contribution >= 0.6 is 35.6 Å². The van der Waals surface area contributed by atoms with Gasteiger partial charge in [0.25, 0.3) is 5.91 Å². The third-order valence-corrected chi connectivity index (χ3v) is 6.49. The smallest absolute Gasteiger partial charge is 0.323 e. The quantitative estimate of drug-likeness (QED) is 0.580. The molecule has 0 atom stereocenters. The van der Waals surface area contributed by atoms with Crippen molar-refractivity contribution in [1.82, 2.24) is 4.90 Å². The largest absolute Gasteiger partial charge is 0.480 e. The number of thiocarbonyl (C=S) groups is 1. The van der Waals surface area contributed by atoms with Crippen molar-refractivity contribution < 1.29 is 14.7 Å². The van der Waals surface area contributed by atoms with E-state index in [2.05, 4.69) is 31.7 Å². The van der Waals surface area contributed by atoms with Crippen LogP contribution in [0, 0.1) is 0 Å². The number of likely N-dealkylation sites (N-methyl/N-ethyl adjacent to an activating group) is 1. The molecule has 0 bridgehead atoms. The van der Waals surface area contributed by atoms with Gasteiger partial charge in [0, 0.05) is 23.3 Å². The van der Waals surface area contributed by atoms with E-state index in [1.165, 1.54) is 0 Å². The van der Waals surface area contributed by atoms with Crippen LogP contribution in [0.1, 0.15) is 31.9 Å². The van der Waals surface area contributed by atoms with Gasteiger partial charge in [0.1, 0.15) is 10.9 Å². The zero-order valence-electron chi connectivity index (χ0n) is 15.4. The Kier molecular flexibility index (Phi) is 5.14. The number of carbonyl (C=O) groups is 2. The van der Waals surface area contributed by atoms with Crippen molar-refractivity contribution in [2.24, 2.45) is 0 Å². The highest BCUT2D eigenvalue weighted by Crippen LogP contribution is 2.42. The Balaban J connectivity index is 2.02. The number of fused-ring (bicyclic) bond motifs is 1. The number of hydrogen-bond acceptors (Lipinski definition) is 5. The summed E-state index contributed by atoms with van der Waals surface area (Å²) in [5.74, 6) is -1.52. The van der Waals surface area contributed by atoms with E-state index < -0.39 is 18.4 Å². The van der Waals surface area contributed by atoms with E-state index in [-0.39, 0.29) is 9.86 Å². The number of anilines is 1. The second-order valence-electron chi connectivity index (χ2n) is 7.09. The summed E-state index contributed by atoms with van der Waals surface area (Å²) < 4.78 is 0.236. The van der Waals surface area contributed by atoms with Crippen LogP contribution in [0.25, 0.3) is 11.6 Å². The normalized spacial score (nSPS) is 20.2. The maximum Gasteiger partial charge on any atom is 0.323 e. The molecular formula is C19H19ClN2O3S2. The zero-order valence-corrected chi connectivity index (χ0v) is 17.8. The molecule has 2 aliphatic rings. The molecule has 142 valence electrons. The number of nitrogens with zero attached hydrogens (tertiary/aromatic N) is 2. The first-order chi connectivity index (χ1) is 12.5. The van der Waals surface area contributed by atoms with Crippen LogP contribution in [0.15, 0.2) is 23.1 Å². The number of halogens is 1. The fraction of sp³-hybridized carbons (Fsp3) is 0.316. The Morgan fingerprint density at radius 3 is 2.70 bits per heavy atom. The fourth-order valence-electron chi connectivity index (χ4n) is 3.21. The van der Waals surface area contributed by atoms with E-state index in [1.54, 1.807) is 6.08 Å². The Morgan fingerprint density at radius 2 is 2.07 bits per heavy atom. The van der Waals surface area contributed by atoms with Gasteiger partial charge in [-0.25, -0.2) is 0 Å². The van der Waals surface area contributed by atoms with Crippen LogP contribution in [0.2, 0.25) is 5.02 Å². The Morgan fingerprint density at radius 1 is 1.41 bits per heavy atom. The summed E-state index contributed by atoms with van der Waals surface area (Å²) in [4.78, 5) is 27.0. The molecule has 0 aromatic heterocycles. The molecule has 0 aliphatic carbocycles. The van der Waals surface area contributed by atoms with E-state index in [9.17, 15) is 9.59 Å². The van der Waals surface area contributed by atoms with Crippen LogP contribution < -0.4 is 4.90 Å². The maximum atomic E-state index is 12.5. The molecule has 1 aromatic carbocycles. The second kappa shape index (κ2) is 6.96. The number of benzene rings is 1. The first-order valence-electron chi connectivity index (χ1n) is 8.25. The molecular weight excluding hydrogens is 404 g/mol. The van der Waals surface area contributed by atoms with Gasteiger partial charge >= 0.3 is 5.97 Å². The molecule has 0 radical (unpaired) electrons. The topological polar surface area (TPSA) is 60.9 Å². The van der Waals surface area contributed by atoms with Gasteiger partial charge in [0.05, 0.1) is 10.4 Å². The lowest BCUT2D eigenvalue weighted by Gasteiger charge is -2.40. The SMILES string of the molecule is CC1=CC(C)(C)N(C)c2cc(Cl)c(/C=C3\SC(=S)N(CC(=O)O)C3=O)cc21. The molecule has 0 unspecified atom stereocenters. The van der Waals surface area contributed by atoms with Crippen molar-refractivity contribution in [2.45, 2.75) is 26.3 Å². The van der Waals surface area contributed by atoms with Crippen molar-refractivity contribution in [2.75, 3.05) is 18.5 Å². The molecule has 0 saturated carbocycles. The summed E-state index contributed by atoms with van der Waals surface area (Å²) in [6.45, 7) is 5.88. The molecule has 2 heterocycles. The van der Waals surface area contributed by atoms with E-state index in [0.29, 0.717) is 15.5 Å². The van der Waals surface area contributed by atoms with Crippen molar-refractivity contribution in [3.8, 4) is 0 Å². The molecule has 1 amide bonds. The van der Waals surface area contributed by atoms with Gasteiger partial charge < -0.3 is 10.0 Å². The molecule has 2 aliphatic heterocycles. The summed E-state index contributed by atoms with van der Waals surface area (Å²) in [5, 5.41) is 9.47. The van der Waals surface area contributed by atoms with Gasteiger partial charge in [-0.2, -0.15) is 0 Å². The van der Waals surface area contributed by atoms with E-state index >= 15 is 0 Å². The van der Waals surface area contributed by atoms with Gasteiger partial charge in [-0.05, 0) is 50.1 Å². The van der Waals surface area contributed by atoms with Crippen LogP contribution in [0.4, 0.5) is 5.69 Å². The minimum absolute atomic E-state index is 0.124. The molecule has 1 aromatic rings. The first-order valence-corrected chi connectivity index (χ1v) is 9.86. The molecule has 8 heteroatoms. The van der Waals surface area contributed by atoms with Gasteiger partial charge in [-0.15, -0.1) is 0 Å². The van der Waals surface area contributed by atoms with Crippen LogP contribution in [0.5, 0.6) is 0 Å². The van der Waals surface area contributed by atoms with Crippen molar-refractivity contribution in [3.05, 3.63) is 39.3 Å². The van der Waals surface area contributed by atoms with Crippen molar-refractivity contribution in [1.29, 1.82) is 0 Å². The molecule has 3 rings (SSSR count). The zero-order chi connectivity index (χ0) is 20.1. The van der Waals surface area contributed by atoms with Gasteiger partial charge in [0.2, 0.25) is 0 Å². The molecule has 0 spiro atoms. The average Bonchev–Trinajstić information content (AvgIpc) is 2.81. The first kappa shape index (κ1) is 19.9. The van der Waals surface area contributed by atoms with Gasteiger partial charge in [-0.3, -0.25) is 14.5 Å². The third-order valence-electron chi connectivity index (χ3n) is 4.79. The third kappa shape index (κ3) is 3.63. The Bertz CT molecular complexity index is 937. The highest BCUT2D eigenvalue weighted by Gasteiger charge is 2.34. The number of allylic oxidation sites excluding steroid dienone is 1. The molecule has 1 N–H and O–H groups in total. The molecule has 27 heavy (non-hydrogen) atoms. The molecule has 1 saturated heterocycles. The summed E-state index contributed by atoms with van der Waals surface area (Å²) in [7, 11) is 2.02.